The van der Waals surface area contributed by atoms with Gasteiger partial charge in [0, 0.05) is 17.9 Å². The van der Waals surface area contributed by atoms with Crippen molar-refractivity contribution in [2.24, 2.45) is 0 Å². The van der Waals surface area contributed by atoms with Gasteiger partial charge in [-0.2, -0.15) is 0 Å². The maximum absolute atomic E-state index is 13.8. The Hall–Kier alpha value is -2.08. The molecule has 0 unspecified atom stereocenters. The third-order valence-corrected chi connectivity index (χ3v) is 4.84. The van der Waals surface area contributed by atoms with E-state index in [1.165, 1.54) is 12.1 Å². The third-order valence-electron chi connectivity index (χ3n) is 3.44. The van der Waals surface area contributed by atoms with Crippen LogP contribution >= 0.6 is 0 Å². The van der Waals surface area contributed by atoms with E-state index in [0.29, 0.717) is 11.3 Å². The summed E-state index contributed by atoms with van der Waals surface area (Å²) >= 11 is 0. The summed E-state index contributed by atoms with van der Waals surface area (Å²) in [5, 5.41) is 3.20. The lowest BCUT2D eigenvalue weighted by molar-refractivity contribution is 0.570. The lowest BCUT2D eigenvalue weighted by atomic mass is 10.1. The Labute approximate surface area is 123 Å². The van der Waals surface area contributed by atoms with Crippen molar-refractivity contribution in [2.45, 2.75) is 18.2 Å². The zero-order chi connectivity index (χ0) is 15.0. The average molecular weight is 306 g/mol. The molecular weight excluding hydrogens is 291 g/mol. The molecule has 2 aromatic carbocycles. The molecule has 4 nitrogen and oxygen atoms in total. The van der Waals surface area contributed by atoms with Crippen LogP contribution in [0.4, 0.5) is 15.8 Å². The van der Waals surface area contributed by atoms with Gasteiger partial charge in [0.1, 0.15) is 10.7 Å². The van der Waals surface area contributed by atoms with E-state index in [4.69, 9.17) is 0 Å². The summed E-state index contributed by atoms with van der Waals surface area (Å²) in [6, 6.07) is 9.30. The zero-order valence-electron chi connectivity index (χ0n) is 11.5. The quantitative estimate of drug-likeness (QED) is 0.916. The molecule has 0 saturated carbocycles. The van der Waals surface area contributed by atoms with Gasteiger partial charge in [-0.05, 0) is 54.8 Å². The molecule has 0 aliphatic carbocycles. The Morgan fingerprint density at radius 1 is 1.19 bits per heavy atom. The van der Waals surface area contributed by atoms with Gasteiger partial charge in [0.05, 0.1) is 0 Å². The monoisotopic (exact) mass is 306 g/mol. The summed E-state index contributed by atoms with van der Waals surface area (Å²) in [6.45, 7) is 2.57. The molecule has 110 valence electrons. The van der Waals surface area contributed by atoms with Gasteiger partial charge in [-0.3, -0.25) is 4.72 Å². The van der Waals surface area contributed by atoms with E-state index in [9.17, 15) is 12.8 Å². The molecule has 0 fully saturated rings. The Balaban J connectivity index is 1.94. The Bertz CT molecular complexity index is 803. The number of nitrogens with one attached hydrogen (secondary N) is 2. The van der Waals surface area contributed by atoms with Crippen LogP contribution in [0.25, 0.3) is 0 Å². The van der Waals surface area contributed by atoms with Crippen LogP contribution in [0, 0.1) is 12.7 Å². The highest BCUT2D eigenvalue weighted by Crippen LogP contribution is 2.27. The van der Waals surface area contributed by atoms with Crippen LogP contribution in [-0.4, -0.2) is 15.0 Å². The van der Waals surface area contributed by atoms with E-state index in [0.717, 1.165) is 30.3 Å². The minimum atomic E-state index is -3.93. The second-order valence-corrected chi connectivity index (χ2v) is 6.74. The fourth-order valence-corrected chi connectivity index (χ4v) is 3.61. The molecule has 0 aromatic heterocycles. The van der Waals surface area contributed by atoms with Crippen molar-refractivity contribution in [3.05, 3.63) is 53.3 Å². The molecule has 0 bridgehead atoms. The summed E-state index contributed by atoms with van der Waals surface area (Å²) in [5.74, 6) is -0.754. The van der Waals surface area contributed by atoms with Gasteiger partial charge in [-0.25, -0.2) is 12.8 Å². The second-order valence-electron chi connectivity index (χ2n) is 5.09. The zero-order valence-corrected chi connectivity index (χ0v) is 12.3. The molecule has 6 heteroatoms. The maximum atomic E-state index is 13.8. The van der Waals surface area contributed by atoms with Crippen LogP contribution in [0.15, 0.2) is 41.3 Å². The number of hydrogen-bond acceptors (Lipinski definition) is 3. The van der Waals surface area contributed by atoms with Gasteiger partial charge >= 0.3 is 0 Å². The smallest absolute Gasteiger partial charge is 0.264 e. The first-order valence-corrected chi connectivity index (χ1v) is 8.10. The Kier molecular flexibility index (Phi) is 3.33. The molecular formula is C15H15FN2O2S. The molecule has 0 atom stereocenters. The van der Waals surface area contributed by atoms with Crippen LogP contribution in [-0.2, 0) is 16.4 Å². The lowest BCUT2D eigenvalue weighted by Crippen LogP contribution is -2.15. The van der Waals surface area contributed by atoms with Gasteiger partial charge in [0.25, 0.3) is 10.0 Å². The van der Waals surface area contributed by atoms with E-state index in [2.05, 4.69) is 10.0 Å². The lowest BCUT2D eigenvalue weighted by Gasteiger charge is -2.10. The number of fused-ring (bicyclic) bond motifs is 1. The fraction of sp³-hybridized carbons (Fsp3) is 0.200. The Morgan fingerprint density at radius 3 is 2.81 bits per heavy atom. The van der Waals surface area contributed by atoms with Gasteiger partial charge in [0.2, 0.25) is 0 Å². The molecule has 0 radical (unpaired) electrons. The second kappa shape index (κ2) is 5.04. The highest BCUT2D eigenvalue weighted by Gasteiger charge is 2.20. The summed E-state index contributed by atoms with van der Waals surface area (Å²) in [5.41, 5.74) is 3.20. The number of halogens is 1. The van der Waals surface area contributed by atoms with Crippen LogP contribution < -0.4 is 10.0 Å². The van der Waals surface area contributed by atoms with E-state index in [1.54, 1.807) is 19.1 Å². The first-order valence-electron chi connectivity index (χ1n) is 6.61. The molecule has 1 aliphatic heterocycles. The predicted molar refractivity (Wildman–Crippen MR) is 80.6 cm³/mol. The molecule has 2 N–H and O–H groups in total. The normalized spacial score (nSPS) is 13.6. The van der Waals surface area contributed by atoms with Gasteiger partial charge in [-0.15, -0.1) is 0 Å². The third kappa shape index (κ3) is 2.71. The first-order chi connectivity index (χ1) is 9.95. The summed E-state index contributed by atoms with van der Waals surface area (Å²) < 4.78 is 40.8. The topological polar surface area (TPSA) is 58.2 Å². The molecule has 0 spiro atoms. The molecule has 2 aromatic rings. The summed E-state index contributed by atoms with van der Waals surface area (Å²) in [6.07, 6.45) is 0.851. The van der Waals surface area contributed by atoms with Crippen molar-refractivity contribution in [2.75, 3.05) is 16.6 Å². The van der Waals surface area contributed by atoms with Crippen LogP contribution in [0.1, 0.15) is 11.1 Å². The highest BCUT2D eigenvalue weighted by atomic mass is 32.2. The molecule has 3 rings (SSSR count). The van der Waals surface area contributed by atoms with E-state index in [1.807, 2.05) is 6.07 Å². The molecule has 0 saturated heterocycles. The van der Waals surface area contributed by atoms with Crippen molar-refractivity contribution in [1.29, 1.82) is 0 Å². The molecule has 1 heterocycles. The summed E-state index contributed by atoms with van der Waals surface area (Å²) in [4.78, 5) is -0.332. The SMILES string of the molecule is Cc1ccc(F)c(S(=O)(=O)Nc2ccc3c(c2)CCN3)c1. The minimum Gasteiger partial charge on any atom is -0.384 e. The number of benzene rings is 2. The van der Waals surface area contributed by atoms with Gasteiger partial charge in [0.15, 0.2) is 0 Å². The van der Waals surface area contributed by atoms with Crippen molar-refractivity contribution in [3.63, 3.8) is 0 Å². The van der Waals surface area contributed by atoms with Gasteiger partial charge < -0.3 is 5.32 Å². The van der Waals surface area contributed by atoms with Crippen LogP contribution in [0.5, 0.6) is 0 Å². The first kappa shape index (κ1) is 13.9. The van der Waals surface area contributed by atoms with Crippen molar-refractivity contribution in [3.8, 4) is 0 Å². The number of anilines is 2. The van der Waals surface area contributed by atoms with Crippen molar-refractivity contribution in [1.82, 2.24) is 0 Å². The number of rotatable bonds is 3. The van der Waals surface area contributed by atoms with Crippen molar-refractivity contribution < 1.29 is 12.8 Å². The van der Waals surface area contributed by atoms with Crippen LogP contribution in [0.2, 0.25) is 0 Å². The van der Waals surface area contributed by atoms with E-state index >= 15 is 0 Å². The van der Waals surface area contributed by atoms with Crippen molar-refractivity contribution >= 4 is 21.4 Å². The number of hydrogen-bond donors (Lipinski definition) is 2. The van der Waals surface area contributed by atoms with E-state index < -0.39 is 15.8 Å². The predicted octanol–water partition coefficient (Wildman–Crippen LogP) is 2.90. The molecule has 1 aliphatic rings. The number of sulfonamides is 1. The average Bonchev–Trinajstić information content (AvgIpc) is 2.88. The highest BCUT2D eigenvalue weighted by molar-refractivity contribution is 7.92. The summed E-state index contributed by atoms with van der Waals surface area (Å²) in [7, 11) is -3.93. The Morgan fingerprint density at radius 2 is 2.00 bits per heavy atom. The molecule has 21 heavy (non-hydrogen) atoms. The largest absolute Gasteiger partial charge is 0.384 e. The standard InChI is InChI=1S/C15H15FN2O2S/c1-10-2-4-13(16)15(8-10)21(19,20)18-12-3-5-14-11(9-12)6-7-17-14/h2-5,8-9,17-18H,6-7H2,1H3. The van der Waals surface area contributed by atoms with Crippen LogP contribution in [0.3, 0.4) is 0 Å². The maximum Gasteiger partial charge on any atom is 0.264 e. The fourth-order valence-electron chi connectivity index (χ4n) is 2.39. The number of aryl methyl sites for hydroxylation is 1. The van der Waals surface area contributed by atoms with E-state index in [-0.39, 0.29) is 4.90 Å². The minimum absolute atomic E-state index is 0.332. The molecule has 0 amide bonds. The van der Waals surface area contributed by atoms with Gasteiger partial charge in [-0.1, -0.05) is 6.07 Å².